The first kappa shape index (κ1) is 47.8. The molecule has 2 aromatic carbocycles. The first-order chi connectivity index (χ1) is 29.9. The Balaban J connectivity index is 1.26. The minimum Gasteiger partial charge on any atom is -0.507 e. The molecule has 344 valence electrons. The number of hydrogen-bond acceptors (Lipinski definition) is 10. The van der Waals surface area contributed by atoms with Crippen molar-refractivity contribution < 1.29 is 43.5 Å². The van der Waals surface area contributed by atoms with Crippen LogP contribution in [0.25, 0.3) is 11.1 Å². The molecule has 2 aromatic rings. The van der Waals surface area contributed by atoms with Gasteiger partial charge in [0, 0.05) is 31.0 Å². The topological polar surface area (TPSA) is 222 Å². The number of phenolic OH excluding ortho intramolecular Hbond substituents is 2. The van der Waals surface area contributed by atoms with E-state index in [0.717, 1.165) is 38.5 Å². The van der Waals surface area contributed by atoms with Gasteiger partial charge in [-0.3, -0.25) is 24.0 Å². The molecular formula is C47H69BN6O9. The Morgan fingerprint density at radius 2 is 1.63 bits per heavy atom. The summed E-state index contributed by atoms with van der Waals surface area (Å²) in [7, 11) is 0.749. The summed E-state index contributed by atoms with van der Waals surface area (Å²) in [6.07, 6.45) is 8.37. The molecule has 5 amide bonds. The number of unbranched alkanes of at least 4 members (excludes halogenated alkanes) is 5. The lowest BCUT2D eigenvalue weighted by Gasteiger charge is -2.64. The van der Waals surface area contributed by atoms with Gasteiger partial charge in [-0.15, -0.1) is 0 Å². The third-order valence-electron chi connectivity index (χ3n) is 14.3. The van der Waals surface area contributed by atoms with E-state index < -0.39 is 66.5 Å². The lowest BCUT2D eigenvalue weighted by atomic mass is 9.43. The van der Waals surface area contributed by atoms with E-state index in [4.69, 9.17) is 15.0 Å². The van der Waals surface area contributed by atoms with Gasteiger partial charge in [-0.2, -0.15) is 0 Å². The summed E-state index contributed by atoms with van der Waals surface area (Å²) in [6.45, 7) is 12.5. The number of fused-ring (bicyclic) bond motifs is 5. The van der Waals surface area contributed by atoms with Crippen LogP contribution in [0.15, 0.2) is 36.4 Å². The highest BCUT2D eigenvalue weighted by Crippen LogP contribution is 2.65. The number of rotatable bonds is 16. The summed E-state index contributed by atoms with van der Waals surface area (Å²) < 4.78 is 13.0. The standard InChI is InChI=1S/C47H69BN6O9/c1-8-9-10-11-12-16-40(57)52-34(15-13-14-21-49)45(61)54(7)41-30-18-20-37(56)33(24-30)32-22-29(17-19-36(32)55)23-35(53-42(58)27(2)50-44(41)60)43(59)51-28(3)48-62-39-26-31-25-38(46(31,4)5)47(39,6)63-48/h17-20,22,24,27-28,31,34-35,38-39,41,55-56H,8-16,21,23,25-26,49H2,1-7H3,(H,50,60)(H,51,59)(H,52,57)(H,53,58)/t27-,28-,31-,34-,35-,38-,39+,41-,47-/m0/s1. The monoisotopic (exact) mass is 873 g/mol. The zero-order chi connectivity index (χ0) is 45.8. The lowest BCUT2D eigenvalue weighted by Crippen LogP contribution is -2.65. The largest absolute Gasteiger partial charge is 0.507 e. The summed E-state index contributed by atoms with van der Waals surface area (Å²) in [6, 6.07) is 4.47. The van der Waals surface area contributed by atoms with Gasteiger partial charge in [0.25, 0.3) is 0 Å². The van der Waals surface area contributed by atoms with E-state index in [2.05, 4.69) is 49.0 Å². The number of nitrogens with one attached hydrogen (secondary N) is 4. The summed E-state index contributed by atoms with van der Waals surface area (Å²) >= 11 is 0. The minimum absolute atomic E-state index is 0.000767. The Morgan fingerprint density at radius 3 is 2.33 bits per heavy atom. The molecule has 8 N–H and O–H groups in total. The fraction of sp³-hybridized carbons (Fsp3) is 0.638. The van der Waals surface area contributed by atoms with Crippen LogP contribution in [0.4, 0.5) is 0 Å². The predicted molar refractivity (Wildman–Crippen MR) is 240 cm³/mol. The summed E-state index contributed by atoms with van der Waals surface area (Å²) in [5, 5.41) is 33.9. The minimum atomic E-state index is -1.35. The third kappa shape index (κ3) is 10.3. The number of carbonyl (C=O) groups is 5. The maximum Gasteiger partial charge on any atom is 0.481 e. The van der Waals surface area contributed by atoms with Crippen molar-refractivity contribution in [1.82, 2.24) is 26.2 Å². The zero-order valence-electron chi connectivity index (χ0n) is 38.1. The summed E-state index contributed by atoms with van der Waals surface area (Å²) in [5.74, 6) is -2.75. The Hall–Kier alpha value is -4.67. The Bertz CT molecular complexity index is 2020. The molecule has 0 radical (unpaired) electrons. The van der Waals surface area contributed by atoms with Crippen molar-refractivity contribution in [1.29, 1.82) is 0 Å². The average Bonchev–Trinajstić information content (AvgIpc) is 3.61. The van der Waals surface area contributed by atoms with E-state index in [1.54, 1.807) is 12.1 Å². The number of nitrogens with zero attached hydrogens (tertiary/aromatic N) is 1. The Kier molecular flexibility index (Phi) is 15.2. The molecule has 63 heavy (non-hydrogen) atoms. The van der Waals surface area contributed by atoms with Gasteiger partial charge in [0.15, 0.2) is 0 Å². The van der Waals surface area contributed by atoms with Gasteiger partial charge in [-0.1, -0.05) is 58.6 Å². The number of phenols is 2. The van der Waals surface area contributed by atoms with Crippen molar-refractivity contribution >= 4 is 36.7 Å². The quantitative estimate of drug-likeness (QED) is 0.0921. The maximum atomic E-state index is 14.5. The van der Waals surface area contributed by atoms with Crippen LogP contribution >= 0.6 is 0 Å². The van der Waals surface area contributed by atoms with Gasteiger partial charge >= 0.3 is 7.12 Å². The number of likely N-dealkylation sites (N-methyl/N-ethyl adjacent to an activating group) is 1. The highest BCUT2D eigenvalue weighted by molar-refractivity contribution is 6.47. The van der Waals surface area contributed by atoms with E-state index in [1.807, 2.05) is 6.92 Å². The van der Waals surface area contributed by atoms with E-state index >= 15 is 0 Å². The molecular weight excluding hydrogens is 803 g/mol. The number of hydrogen-bond donors (Lipinski definition) is 7. The normalized spacial score (nSPS) is 27.1. The highest BCUT2D eigenvalue weighted by atomic mass is 16.7. The first-order valence-electron chi connectivity index (χ1n) is 23.0. The number of nitrogens with two attached hydrogens (primary N) is 1. The third-order valence-corrected chi connectivity index (χ3v) is 14.3. The molecule has 7 rings (SSSR count). The van der Waals surface area contributed by atoms with Crippen LogP contribution in [-0.4, -0.2) is 101 Å². The predicted octanol–water partition coefficient (Wildman–Crippen LogP) is 4.56. The molecule has 3 saturated carbocycles. The van der Waals surface area contributed by atoms with Gasteiger partial charge in [-0.25, -0.2) is 0 Å². The van der Waals surface area contributed by atoms with Crippen LogP contribution in [0.5, 0.6) is 11.5 Å². The SMILES string of the molecule is CCCCCCCC(=O)N[C@@H](CCCCN)C(=O)N(C)[C@@H]1C(=O)N[C@@H](C)C(=O)N[C@H](C(=O)N[C@@H](C)B2O[C@@H]3C[C@@H]4C[C@@H](C4(C)C)[C@]3(C)O2)Cc2ccc(O)c(c2)-c2cc1ccc2O. The second-order valence-corrected chi connectivity index (χ2v) is 19.2. The second kappa shape index (κ2) is 20.0. The van der Waals surface area contributed by atoms with Crippen molar-refractivity contribution in [3.63, 3.8) is 0 Å². The molecule has 0 spiro atoms. The van der Waals surface area contributed by atoms with Gasteiger partial charge in [0.05, 0.1) is 17.6 Å². The molecule has 9 atom stereocenters. The average molecular weight is 873 g/mol. The van der Waals surface area contributed by atoms with Gasteiger partial charge in [0.2, 0.25) is 29.5 Å². The fourth-order valence-corrected chi connectivity index (χ4v) is 10.3. The summed E-state index contributed by atoms with van der Waals surface area (Å²) in [5.41, 5.74) is 6.66. The van der Waals surface area contributed by atoms with Gasteiger partial charge in [0.1, 0.15) is 35.7 Å². The Morgan fingerprint density at radius 1 is 0.937 bits per heavy atom. The molecule has 2 heterocycles. The van der Waals surface area contributed by atoms with Crippen LogP contribution < -0.4 is 27.0 Å². The van der Waals surface area contributed by atoms with Crippen molar-refractivity contribution in [2.24, 2.45) is 23.0 Å². The fourth-order valence-electron chi connectivity index (χ4n) is 10.3. The van der Waals surface area contributed by atoms with Crippen LogP contribution in [0.3, 0.4) is 0 Å². The van der Waals surface area contributed by atoms with E-state index in [0.29, 0.717) is 43.2 Å². The molecule has 5 aliphatic rings. The Labute approximate surface area is 372 Å². The van der Waals surface area contributed by atoms with Crippen molar-refractivity contribution in [2.45, 2.75) is 160 Å². The van der Waals surface area contributed by atoms with E-state index in [9.17, 15) is 34.2 Å². The molecule has 15 nitrogen and oxygen atoms in total. The molecule has 16 heteroatoms. The molecule has 2 aliphatic heterocycles. The smallest absolute Gasteiger partial charge is 0.481 e. The number of benzene rings is 2. The van der Waals surface area contributed by atoms with Crippen molar-refractivity contribution in [3.05, 3.63) is 47.5 Å². The van der Waals surface area contributed by atoms with Crippen molar-refractivity contribution in [2.75, 3.05) is 13.6 Å². The lowest BCUT2D eigenvalue weighted by molar-refractivity contribution is -0.199. The second-order valence-electron chi connectivity index (χ2n) is 19.2. The van der Waals surface area contributed by atoms with E-state index in [-0.39, 0.29) is 64.9 Å². The number of carbonyl (C=O) groups excluding carboxylic acids is 5. The van der Waals surface area contributed by atoms with Crippen LogP contribution in [0, 0.1) is 17.3 Å². The maximum absolute atomic E-state index is 14.5. The van der Waals surface area contributed by atoms with E-state index in [1.165, 1.54) is 43.1 Å². The van der Waals surface area contributed by atoms with Gasteiger partial charge in [-0.05, 0) is 118 Å². The molecule has 0 aromatic heterocycles. The van der Waals surface area contributed by atoms with Crippen LogP contribution in [0.1, 0.15) is 129 Å². The highest BCUT2D eigenvalue weighted by Gasteiger charge is 2.68. The summed E-state index contributed by atoms with van der Waals surface area (Å²) in [4.78, 5) is 71.4. The van der Waals surface area contributed by atoms with Gasteiger partial charge < -0.3 is 51.4 Å². The van der Waals surface area contributed by atoms with Crippen LogP contribution in [-0.2, 0) is 39.7 Å². The zero-order valence-corrected chi connectivity index (χ0v) is 38.1. The molecule has 3 aliphatic carbocycles. The molecule has 6 bridgehead atoms. The molecule has 0 unspecified atom stereocenters. The van der Waals surface area contributed by atoms with Crippen molar-refractivity contribution in [3.8, 4) is 22.6 Å². The first-order valence-corrected chi connectivity index (χ1v) is 23.0. The molecule has 1 saturated heterocycles. The molecule has 4 fully saturated rings. The van der Waals surface area contributed by atoms with Crippen LogP contribution in [0.2, 0.25) is 0 Å². The number of aromatic hydroxyl groups is 2. The number of amides is 5.